The second-order valence-electron chi connectivity index (χ2n) is 6.25. The Morgan fingerprint density at radius 2 is 1.62 bits per heavy atom. The number of esters is 1. The number of hydrogen-bond acceptors (Lipinski definition) is 6. The van der Waals surface area contributed by atoms with Crippen LogP contribution in [0.25, 0.3) is 22.1 Å². The molecule has 0 atom stereocenters. The van der Waals surface area contributed by atoms with E-state index in [0.717, 1.165) is 0 Å². The summed E-state index contributed by atoms with van der Waals surface area (Å²) in [5.41, 5.74) is 3.59. The summed E-state index contributed by atoms with van der Waals surface area (Å²) in [6.07, 6.45) is 0. The molecule has 0 aliphatic rings. The molecule has 7 heteroatoms. The first kappa shape index (κ1) is 18.4. The lowest BCUT2D eigenvalue weighted by Crippen LogP contribution is -2.13. The smallest absolute Gasteiger partial charge is 0.340 e. The molecule has 7 nitrogen and oxygen atoms in total. The molecule has 0 aliphatic heterocycles. The summed E-state index contributed by atoms with van der Waals surface area (Å²) < 4.78 is 10.1. The van der Waals surface area contributed by atoms with Crippen LogP contribution < -0.4 is 10.1 Å². The van der Waals surface area contributed by atoms with Crippen molar-refractivity contribution in [2.45, 2.75) is 0 Å². The lowest BCUT2D eigenvalue weighted by molar-refractivity contribution is 0.0602. The van der Waals surface area contributed by atoms with Gasteiger partial charge < -0.3 is 14.8 Å². The normalized spacial score (nSPS) is 10.7. The number of carbonyl (C=O) groups excluding carboxylic acids is 2. The lowest BCUT2D eigenvalue weighted by Gasteiger charge is -2.10. The first-order valence-electron chi connectivity index (χ1n) is 8.84. The minimum absolute atomic E-state index is 0.288. The van der Waals surface area contributed by atoms with Gasteiger partial charge in [-0.1, -0.05) is 18.2 Å². The van der Waals surface area contributed by atoms with Crippen LogP contribution in [0.1, 0.15) is 20.7 Å². The second kappa shape index (κ2) is 7.55. The number of hydrogen-bond donors (Lipinski definition) is 1. The van der Waals surface area contributed by atoms with Crippen LogP contribution in [0, 0.1) is 0 Å². The molecule has 1 heterocycles. The molecule has 0 unspecified atom stereocenters. The zero-order valence-electron chi connectivity index (χ0n) is 15.8. The SMILES string of the molecule is COC(=O)c1cccc2nc3cc(NC(=O)c4ccccc4OC)ccc3nc12. The Morgan fingerprint density at radius 1 is 0.828 bits per heavy atom. The molecule has 0 saturated carbocycles. The molecule has 0 fully saturated rings. The summed E-state index contributed by atoms with van der Waals surface area (Å²) in [5.74, 6) is -0.264. The van der Waals surface area contributed by atoms with E-state index in [1.54, 1.807) is 60.7 Å². The standard InChI is InChI=1S/C22H17N3O4/c1-28-19-9-4-3-6-14(19)21(26)23-13-10-11-16-18(12-13)24-17-8-5-7-15(20(17)25-16)22(27)29-2/h3-12H,1-2H3,(H,23,26). The molecular formula is C22H17N3O4. The van der Waals surface area contributed by atoms with Crippen LogP contribution in [0.3, 0.4) is 0 Å². The van der Waals surface area contributed by atoms with E-state index in [1.807, 2.05) is 0 Å². The van der Waals surface area contributed by atoms with Crippen LogP contribution in [0.4, 0.5) is 5.69 Å². The number of nitrogens with zero attached hydrogens (tertiary/aromatic N) is 2. The number of rotatable bonds is 4. The number of methoxy groups -OCH3 is 2. The summed E-state index contributed by atoms with van der Waals surface area (Å²) in [6.45, 7) is 0. The largest absolute Gasteiger partial charge is 0.496 e. The maximum Gasteiger partial charge on any atom is 0.340 e. The Hall–Kier alpha value is -4.00. The monoisotopic (exact) mass is 387 g/mol. The Morgan fingerprint density at radius 3 is 2.41 bits per heavy atom. The molecule has 0 bridgehead atoms. The van der Waals surface area contributed by atoms with E-state index in [4.69, 9.17) is 9.47 Å². The number of nitrogens with one attached hydrogen (secondary N) is 1. The van der Waals surface area contributed by atoms with Gasteiger partial charge in [-0.15, -0.1) is 0 Å². The topological polar surface area (TPSA) is 90.4 Å². The van der Waals surface area contributed by atoms with Crippen molar-refractivity contribution >= 4 is 39.6 Å². The summed E-state index contributed by atoms with van der Waals surface area (Å²) in [4.78, 5) is 33.7. The minimum Gasteiger partial charge on any atom is -0.496 e. The molecule has 3 aromatic carbocycles. The predicted molar refractivity (Wildman–Crippen MR) is 109 cm³/mol. The molecule has 29 heavy (non-hydrogen) atoms. The maximum atomic E-state index is 12.6. The van der Waals surface area contributed by atoms with Gasteiger partial charge in [0.25, 0.3) is 5.91 Å². The predicted octanol–water partition coefficient (Wildman–Crippen LogP) is 3.83. The van der Waals surface area contributed by atoms with Gasteiger partial charge in [-0.05, 0) is 42.5 Å². The van der Waals surface area contributed by atoms with Crippen LogP contribution in [-0.2, 0) is 4.74 Å². The van der Waals surface area contributed by atoms with E-state index in [2.05, 4.69) is 15.3 Å². The van der Waals surface area contributed by atoms with E-state index >= 15 is 0 Å². The zero-order chi connectivity index (χ0) is 20.4. The van der Waals surface area contributed by atoms with Crippen LogP contribution in [0.2, 0.25) is 0 Å². The highest BCUT2D eigenvalue weighted by Gasteiger charge is 2.15. The van der Waals surface area contributed by atoms with E-state index in [-0.39, 0.29) is 5.91 Å². The Bertz CT molecular complexity index is 1250. The molecule has 4 aromatic rings. The Kier molecular flexibility index (Phi) is 4.78. The van der Waals surface area contributed by atoms with Crippen molar-refractivity contribution in [1.29, 1.82) is 0 Å². The molecule has 1 N–H and O–H groups in total. The summed E-state index contributed by atoms with van der Waals surface area (Å²) in [5, 5.41) is 2.85. The molecule has 144 valence electrons. The van der Waals surface area contributed by atoms with Gasteiger partial charge in [0.2, 0.25) is 0 Å². The highest BCUT2D eigenvalue weighted by Crippen LogP contribution is 2.24. The molecule has 0 saturated heterocycles. The number of ether oxygens (including phenoxy) is 2. The van der Waals surface area contributed by atoms with Crippen LogP contribution in [0.5, 0.6) is 5.75 Å². The van der Waals surface area contributed by atoms with E-state index in [1.165, 1.54) is 14.2 Å². The lowest BCUT2D eigenvalue weighted by atomic mass is 10.1. The number of amides is 1. The third-order valence-electron chi connectivity index (χ3n) is 4.48. The number of para-hydroxylation sites is 2. The molecule has 4 rings (SSSR count). The quantitative estimate of drug-likeness (QED) is 0.423. The highest BCUT2D eigenvalue weighted by atomic mass is 16.5. The Balaban J connectivity index is 1.72. The van der Waals surface area contributed by atoms with Crippen molar-refractivity contribution in [1.82, 2.24) is 9.97 Å². The van der Waals surface area contributed by atoms with Crippen LogP contribution >= 0.6 is 0 Å². The minimum atomic E-state index is -0.468. The number of benzene rings is 3. The number of carbonyl (C=O) groups is 2. The van der Waals surface area contributed by atoms with Gasteiger partial charge in [-0.3, -0.25) is 4.79 Å². The summed E-state index contributed by atoms with van der Waals surface area (Å²) in [7, 11) is 2.84. The maximum absolute atomic E-state index is 12.6. The van der Waals surface area contributed by atoms with Crippen molar-refractivity contribution < 1.29 is 19.1 Å². The van der Waals surface area contributed by atoms with Gasteiger partial charge in [0, 0.05) is 5.69 Å². The fraction of sp³-hybridized carbons (Fsp3) is 0.0909. The van der Waals surface area contributed by atoms with Crippen molar-refractivity contribution in [3.8, 4) is 5.75 Å². The average Bonchev–Trinajstić information content (AvgIpc) is 2.76. The van der Waals surface area contributed by atoms with E-state index in [0.29, 0.717) is 44.6 Å². The van der Waals surface area contributed by atoms with E-state index in [9.17, 15) is 9.59 Å². The zero-order valence-corrected chi connectivity index (χ0v) is 15.8. The van der Waals surface area contributed by atoms with E-state index < -0.39 is 5.97 Å². The fourth-order valence-corrected chi connectivity index (χ4v) is 3.08. The first-order chi connectivity index (χ1) is 14.1. The molecule has 0 radical (unpaired) electrons. The van der Waals surface area contributed by atoms with Crippen LogP contribution in [0.15, 0.2) is 60.7 Å². The number of aromatic nitrogens is 2. The van der Waals surface area contributed by atoms with Gasteiger partial charge in [0.15, 0.2) is 0 Å². The third-order valence-corrected chi connectivity index (χ3v) is 4.48. The molecular weight excluding hydrogens is 370 g/mol. The summed E-state index contributed by atoms with van der Waals surface area (Å²) in [6, 6.07) is 17.4. The van der Waals surface area contributed by atoms with Gasteiger partial charge in [-0.25, -0.2) is 14.8 Å². The average molecular weight is 387 g/mol. The molecule has 1 aromatic heterocycles. The molecule has 0 aliphatic carbocycles. The van der Waals surface area contributed by atoms with Crippen LogP contribution in [-0.4, -0.2) is 36.1 Å². The van der Waals surface area contributed by atoms with Crippen molar-refractivity contribution in [3.63, 3.8) is 0 Å². The third kappa shape index (κ3) is 3.45. The van der Waals surface area contributed by atoms with Crippen molar-refractivity contribution in [2.24, 2.45) is 0 Å². The highest BCUT2D eigenvalue weighted by molar-refractivity contribution is 6.07. The van der Waals surface area contributed by atoms with Gasteiger partial charge >= 0.3 is 5.97 Å². The molecule has 0 spiro atoms. The van der Waals surface area contributed by atoms with Crippen molar-refractivity contribution in [2.75, 3.05) is 19.5 Å². The second-order valence-corrected chi connectivity index (χ2v) is 6.25. The van der Waals surface area contributed by atoms with Gasteiger partial charge in [0.1, 0.15) is 11.3 Å². The Labute approximate surface area is 166 Å². The molecule has 1 amide bonds. The van der Waals surface area contributed by atoms with Gasteiger partial charge in [-0.2, -0.15) is 0 Å². The number of fused-ring (bicyclic) bond motifs is 2. The van der Waals surface area contributed by atoms with Gasteiger partial charge in [0.05, 0.1) is 41.9 Å². The number of anilines is 1. The first-order valence-corrected chi connectivity index (χ1v) is 8.84. The summed E-state index contributed by atoms with van der Waals surface area (Å²) >= 11 is 0. The fourth-order valence-electron chi connectivity index (χ4n) is 3.08. The van der Waals surface area contributed by atoms with Crippen molar-refractivity contribution in [3.05, 3.63) is 71.8 Å².